The van der Waals surface area contributed by atoms with E-state index < -0.39 is 0 Å². The number of hydrogen-bond acceptors (Lipinski definition) is 6. The van der Waals surface area contributed by atoms with Crippen LogP contribution in [-0.4, -0.2) is 29.0 Å². The van der Waals surface area contributed by atoms with Gasteiger partial charge in [-0.3, -0.25) is 0 Å². The number of fused-ring (bicyclic) bond motifs is 1. The van der Waals surface area contributed by atoms with E-state index in [-0.39, 0.29) is 0 Å². The Kier molecular flexibility index (Phi) is 7.46. The summed E-state index contributed by atoms with van der Waals surface area (Å²) in [5, 5.41) is 3.37. The van der Waals surface area contributed by atoms with E-state index in [1.165, 1.54) is 27.8 Å². The summed E-state index contributed by atoms with van der Waals surface area (Å²) >= 11 is 1.73. The van der Waals surface area contributed by atoms with Gasteiger partial charge in [-0.05, 0) is 85.2 Å². The lowest BCUT2D eigenvalue weighted by molar-refractivity contribution is 0.274. The van der Waals surface area contributed by atoms with Gasteiger partial charge in [-0.1, -0.05) is 31.2 Å². The standard InChI is InChI=1S/C27H34N4OS/c1-5-22(23-11-12-24(29-6-2)26(28)19(23)4)20-10-9-18(3)21(16-20)17-31-14-15-32-27-25(33-31)8-7-13-30-27/h7-13,16,22,29H,5-6,14-15,17,28H2,1-4H3/t22-/m0/s1. The number of hydrogen-bond donors (Lipinski definition) is 2. The molecule has 0 spiro atoms. The molecule has 0 unspecified atom stereocenters. The first kappa shape index (κ1) is 23.5. The number of nitrogen functional groups attached to an aromatic ring is 1. The maximum absolute atomic E-state index is 6.48. The quantitative estimate of drug-likeness (QED) is 0.324. The summed E-state index contributed by atoms with van der Waals surface area (Å²) in [6.07, 6.45) is 2.81. The molecule has 2 aromatic carbocycles. The maximum atomic E-state index is 6.48. The van der Waals surface area contributed by atoms with Gasteiger partial charge in [-0.2, -0.15) is 0 Å². The van der Waals surface area contributed by atoms with E-state index in [0.717, 1.165) is 48.2 Å². The minimum atomic E-state index is 0.312. The lowest BCUT2D eigenvalue weighted by atomic mass is 9.84. The first-order valence-electron chi connectivity index (χ1n) is 11.7. The molecule has 0 fully saturated rings. The molecule has 0 saturated heterocycles. The third-order valence-electron chi connectivity index (χ3n) is 6.37. The minimum Gasteiger partial charge on any atom is -0.475 e. The van der Waals surface area contributed by atoms with Gasteiger partial charge in [0.2, 0.25) is 5.88 Å². The molecule has 33 heavy (non-hydrogen) atoms. The number of aromatic nitrogens is 1. The molecule has 3 N–H and O–H groups in total. The zero-order valence-electron chi connectivity index (χ0n) is 20.0. The van der Waals surface area contributed by atoms with Gasteiger partial charge < -0.3 is 15.8 Å². The van der Waals surface area contributed by atoms with Crippen molar-refractivity contribution in [3.8, 4) is 5.88 Å². The third-order valence-corrected chi connectivity index (χ3v) is 7.45. The van der Waals surface area contributed by atoms with E-state index in [0.29, 0.717) is 12.5 Å². The van der Waals surface area contributed by atoms with E-state index in [1.807, 2.05) is 6.07 Å². The van der Waals surface area contributed by atoms with E-state index in [2.05, 4.69) is 78.7 Å². The fourth-order valence-electron chi connectivity index (χ4n) is 4.47. The highest BCUT2D eigenvalue weighted by Crippen LogP contribution is 2.37. The van der Waals surface area contributed by atoms with Crippen LogP contribution >= 0.6 is 11.9 Å². The molecule has 0 bridgehead atoms. The zero-order valence-corrected chi connectivity index (χ0v) is 20.8. The summed E-state index contributed by atoms with van der Waals surface area (Å²) in [5.41, 5.74) is 14.8. The number of anilines is 2. The number of rotatable bonds is 7. The Bertz CT molecular complexity index is 1120. The predicted octanol–water partition coefficient (Wildman–Crippen LogP) is 6.16. The number of ether oxygens (including phenoxy) is 1. The number of nitrogens with one attached hydrogen (secondary N) is 1. The Hall–Kier alpha value is -2.70. The van der Waals surface area contributed by atoms with Gasteiger partial charge in [0.25, 0.3) is 0 Å². The van der Waals surface area contributed by atoms with Crippen LogP contribution < -0.4 is 15.8 Å². The second kappa shape index (κ2) is 10.5. The monoisotopic (exact) mass is 462 g/mol. The Morgan fingerprint density at radius 2 is 2.03 bits per heavy atom. The van der Waals surface area contributed by atoms with E-state index in [1.54, 1.807) is 18.1 Å². The molecule has 174 valence electrons. The Labute approximate surface area is 201 Å². The van der Waals surface area contributed by atoms with Crippen LogP contribution in [0.15, 0.2) is 53.6 Å². The lowest BCUT2D eigenvalue weighted by Gasteiger charge is -2.24. The van der Waals surface area contributed by atoms with Crippen LogP contribution in [-0.2, 0) is 6.54 Å². The van der Waals surface area contributed by atoms with Gasteiger partial charge >= 0.3 is 0 Å². The summed E-state index contributed by atoms with van der Waals surface area (Å²) in [6, 6.07) is 15.3. The average Bonchev–Trinajstić information content (AvgIpc) is 3.02. The van der Waals surface area contributed by atoms with Gasteiger partial charge in [0.05, 0.1) is 16.3 Å². The van der Waals surface area contributed by atoms with Crippen LogP contribution in [0.5, 0.6) is 5.88 Å². The molecule has 1 aliphatic rings. The van der Waals surface area contributed by atoms with Gasteiger partial charge in [0, 0.05) is 31.7 Å². The summed E-state index contributed by atoms with van der Waals surface area (Å²) in [6.45, 7) is 11.9. The highest BCUT2D eigenvalue weighted by Gasteiger charge is 2.21. The zero-order chi connectivity index (χ0) is 23.4. The number of nitrogens with two attached hydrogens (primary N) is 1. The van der Waals surface area contributed by atoms with Gasteiger partial charge in [0.1, 0.15) is 6.61 Å². The van der Waals surface area contributed by atoms with Crippen molar-refractivity contribution < 1.29 is 4.74 Å². The van der Waals surface area contributed by atoms with Crippen LogP contribution in [0.25, 0.3) is 0 Å². The molecule has 0 saturated carbocycles. The molecular formula is C27H34N4OS. The smallest absolute Gasteiger partial charge is 0.228 e. The predicted molar refractivity (Wildman–Crippen MR) is 139 cm³/mol. The van der Waals surface area contributed by atoms with Crippen molar-refractivity contribution in [2.45, 2.75) is 51.5 Å². The van der Waals surface area contributed by atoms with Crippen LogP contribution in [0.2, 0.25) is 0 Å². The van der Waals surface area contributed by atoms with Gasteiger partial charge in [-0.15, -0.1) is 0 Å². The van der Waals surface area contributed by atoms with Gasteiger partial charge in [0.15, 0.2) is 0 Å². The molecule has 2 heterocycles. The largest absolute Gasteiger partial charge is 0.475 e. The molecule has 3 aromatic rings. The van der Waals surface area contributed by atoms with Crippen molar-refractivity contribution in [1.29, 1.82) is 0 Å². The van der Waals surface area contributed by atoms with Crippen molar-refractivity contribution in [1.82, 2.24) is 9.29 Å². The minimum absolute atomic E-state index is 0.312. The van der Waals surface area contributed by atoms with Crippen molar-refractivity contribution in [2.75, 3.05) is 30.7 Å². The fourth-order valence-corrected chi connectivity index (χ4v) is 5.44. The first-order chi connectivity index (χ1) is 16.0. The highest BCUT2D eigenvalue weighted by atomic mass is 32.2. The lowest BCUT2D eigenvalue weighted by Crippen LogP contribution is -2.20. The fraction of sp³-hybridized carbons (Fsp3) is 0.370. The number of benzene rings is 2. The van der Waals surface area contributed by atoms with Crippen molar-refractivity contribution in [3.05, 3.63) is 76.5 Å². The van der Waals surface area contributed by atoms with Gasteiger partial charge in [-0.25, -0.2) is 9.29 Å². The molecule has 6 heteroatoms. The topological polar surface area (TPSA) is 63.4 Å². The summed E-state index contributed by atoms with van der Waals surface area (Å²) in [5.74, 6) is 1.04. The van der Waals surface area contributed by atoms with Crippen molar-refractivity contribution in [3.63, 3.8) is 0 Å². The molecule has 1 aromatic heterocycles. The average molecular weight is 463 g/mol. The molecule has 0 aliphatic carbocycles. The van der Waals surface area contributed by atoms with Crippen molar-refractivity contribution >= 4 is 23.3 Å². The highest BCUT2D eigenvalue weighted by molar-refractivity contribution is 7.97. The summed E-state index contributed by atoms with van der Waals surface area (Å²) in [4.78, 5) is 5.44. The molecular weight excluding hydrogens is 428 g/mol. The first-order valence-corrected chi connectivity index (χ1v) is 12.5. The Morgan fingerprint density at radius 1 is 1.18 bits per heavy atom. The van der Waals surface area contributed by atoms with Crippen LogP contribution in [0.4, 0.5) is 11.4 Å². The maximum Gasteiger partial charge on any atom is 0.228 e. The van der Waals surface area contributed by atoms with E-state index >= 15 is 0 Å². The second-order valence-corrected chi connectivity index (χ2v) is 9.67. The number of nitrogens with zero attached hydrogens (tertiary/aromatic N) is 2. The molecule has 4 rings (SSSR count). The van der Waals surface area contributed by atoms with Crippen LogP contribution in [0.3, 0.4) is 0 Å². The molecule has 1 atom stereocenters. The Morgan fingerprint density at radius 3 is 2.82 bits per heavy atom. The Balaban J connectivity index is 1.61. The summed E-state index contributed by atoms with van der Waals surface area (Å²) in [7, 11) is 0. The SMILES string of the molecule is CCNc1ccc([C@@H](CC)c2ccc(C)c(CN3CCOc4ncccc4S3)c2)c(C)c1N. The van der Waals surface area contributed by atoms with E-state index in [9.17, 15) is 0 Å². The molecule has 1 aliphatic heterocycles. The summed E-state index contributed by atoms with van der Waals surface area (Å²) < 4.78 is 8.21. The third kappa shape index (κ3) is 5.12. The second-order valence-electron chi connectivity index (χ2n) is 8.53. The molecule has 0 radical (unpaired) electrons. The van der Waals surface area contributed by atoms with Crippen LogP contribution in [0, 0.1) is 13.8 Å². The number of pyridine rings is 1. The van der Waals surface area contributed by atoms with E-state index in [4.69, 9.17) is 10.5 Å². The van der Waals surface area contributed by atoms with Crippen molar-refractivity contribution in [2.24, 2.45) is 0 Å². The van der Waals surface area contributed by atoms with Crippen LogP contribution in [0.1, 0.15) is 54.0 Å². The normalized spacial score (nSPS) is 14.8. The molecule has 5 nitrogen and oxygen atoms in total. The number of aryl methyl sites for hydroxylation is 1. The molecule has 0 amide bonds.